The number of nitrogens with one attached hydrogen (secondary N) is 1. The Labute approximate surface area is 143 Å². The quantitative estimate of drug-likeness (QED) is 0.755. The first kappa shape index (κ1) is 16.4. The van der Waals surface area contributed by atoms with Crippen LogP contribution in [0.3, 0.4) is 0 Å². The van der Waals surface area contributed by atoms with E-state index in [1.807, 2.05) is 25.1 Å². The summed E-state index contributed by atoms with van der Waals surface area (Å²) in [6.07, 6.45) is 1.81. The van der Waals surface area contributed by atoms with Crippen LogP contribution in [-0.2, 0) is 11.8 Å². The SMILES string of the molecule is CCc1cc(-c2cc(C)[nH]n2)nc(C(C)(CC)c2ccccc2)n1. The molecule has 2 aromatic heterocycles. The molecule has 0 saturated carbocycles. The molecule has 3 rings (SSSR count). The number of aromatic nitrogens is 4. The van der Waals surface area contributed by atoms with Crippen molar-refractivity contribution in [1.29, 1.82) is 0 Å². The fourth-order valence-electron chi connectivity index (χ4n) is 2.90. The number of nitrogens with zero attached hydrogens (tertiary/aromatic N) is 3. The van der Waals surface area contributed by atoms with Crippen molar-refractivity contribution in [3.63, 3.8) is 0 Å². The first-order valence-corrected chi connectivity index (χ1v) is 8.53. The number of aromatic amines is 1. The Hall–Kier alpha value is -2.49. The van der Waals surface area contributed by atoms with Crippen molar-refractivity contribution in [2.24, 2.45) is 0 Å². The lowest BCUT2D eigenvalue weighted by Gasteiger charge is -2.28. The van der Waals surface area contributed by atoms with Gasteiger partial charge in [-0.15, -0.1) is 0 Å². The van der Waals surface area contributed by atoms with Crippen molar-refractivity contribution in [2.45, 2.75) is 46.0 Å². The molecule has 0 aliphatic rings. The Morgan fingerprint density at radius 3 is 2.33 bits per heavy atom. The van der Waals surface area contributed by atoms with Crippen LogP contribution < -0.4 is 0 Å². The molecule has 24 heavy (non-hydrogen) atoms. The minimum atomic E-state index is -0.216. The second-order valence-electron chi connectivity index (χ2n) is 6.41. The highest BCUT2D eigenvalue weighted by atomic mass is 15.1. The minimum Gasteiger partial charge on any atom is -0.282 e. The topological polar surface area (TPSA) is 54.5 Å². The summed E-state index contributed by atoms with van der Waals surface area (Å²) in [4.78, 5) is 9.75. The van der Waals surface area contributed by atoms with Gasteiger partial charge in [0.15, 0.2) is 0 Å². The molecule has 0 amide bonds. The monoisotopic (exact) mass is 320 g/mol. The molecule has 1 aromatic carbocycles. The van der Waals surface area contributed by atoms with E-state index in [4.69, 9.17) is 9.97 Å². The van der Waals surface area contributed by atoms with E-state index < -0.39 is 0 Å². The molecule has 4 nitrogen and oxygen atoms in total. The maximum atomic E-state index is 4.89. The standard InChI is InChI=1S/C20H24N4/c1-5-16-13-17(18-12-14(3)23-24-18)22-19(21-16)20(4,6-2)15-10-8-7-9-11-15/h7-13H,5-6H2,1-4H3,(H,23,24). The molecule has 3 aromatic rings. The molecule has 0 radical (unpaired) electrons. The van der Waals surface area contributed by atoms with Crippen molar-refractivity contribution < 1.29 is 0 Å². The van der Waals surface area contributed by atoms with Gasteiger partial charge >= 0.3 is 0 Å². The van der Waals surface area contributed by atoms with Crippen molar-refractivity contribution in [3.8, 4) is 11.4 Å². The number of benzene rings is 1. The van der Waals surface area contributed by atoms with Crippen LogP contribution in [0, 0.1) is 6.92 Å². The number of rotatable bonds is 5. The first-order chi connectivity index (χ1) is 11.6. The lowest BCUT2D eigenvalue weighted by Crippen LogP contribution is -2.26. The molecule has 1 unspecified atom stereocenters. The van der Waals surface area contributed by atoms with Crippen molar-refractivity contribution in [2.75, 3.05) is 0 Å². The smallest absolute Gasteiger partial charge is 0.139 e. The molecule has 0 aliphatic heterocycles. The van der Waals surface area contributed by atoms with Gasteiger partial charge in [0.2, 0.25) is 0 Å². The van der Waals surface area contributed by atoms with Crippen LogP contribution in [0.15, 0.2) is 42.5 Å². The third kappa shape index (κ3) is 2.96. The lowest BCUT2D eigenvalue weighted by atomic mass is 9.79. The zero-order chi connectivity index (χ0) is 17.2. The summed E-state index contributed by atoms with van der Waals surface area (Å²) in [6, 6.07) is 14.6. The van der Waals surface area contributed by atoms with Crippen LogP contribution in [0.25, 0.3) is 11.4 Å². The largest absolute Gasteiger partial charge is 0.282 e. The minimum absolute atomic E-state index is 0.216. The van der Waals surface area contributed by atoms with Gasteiger partial charge in [0.25, 0.3) is 0 Å². The second kappa shape index (κ2) is 6.56. The third-order valence-electron chi connectivity index (χ3n) is 4.72. The molecule has 1 N–H and O–H groups in total. The van der Waals surface area contributed by atoms with Gasteiger partial charge in [-0.2, -0.15) is 5.10 Å². The van der Waals surface area contributed by atoms with Gasteiger partial charge < -0.3 is 0 Å². The Morgan fingerprint density at radius 1 is 1.00 bits per heavy atom. The highest BCUT2D eigenvalue weighted by molar-refractivity contribution is 5.55. The molecule has 2 heterocycles. The average molecular weight is 320 g/mol. The molecule has 0 spiro atoms. The van der Waals surface area contributed by atoms with Gasteiger partial charge in [-0.05, 0) is 44.4 Å². The summed E-state index contributed by atoms with van der Waals surface area (Å²) in [5, 5.41) is 7.37. The average Bonchev–Trinajstić information content (AvgIpc) is 3.07. The maximum Gasteiger partial charge on any atom is 0.139 e. The van der Waals surface area contributed by atoms with Crippen LogP contribution in [0.1, 0.15) is 50.0 Å². The fraction of sp³-hybridized carbons (Fsp3) is 0.350. The fourth-order valence-corrected chi connectivity index (χ4v) is 2.90. The van der Waals surface area contributed by atoms with E-state index in [-0.39, 0.29) is 5.41 Å². The van der Waals surface area contributed by atoms with E-state index in [9.17, 15) is 0 Å². The zero-order valence-electron chi connectivity index (χ0n) is 14.8. The van der Waals surface area contributed by atoms with Crippen LogP contribution >= 0.6 is 0 Å². The summed E-state index contributed by atoms with van der Waals surface area (Å²) in [5.41, 5.74) is 4.86. The van der Waals surface area contributed by atoms with Gasteiger partial charge in [-0.3, -0.25) is 5.10 Å². The van der Waals surface area contributed by atoms with E-state index in [1.165, 1.54) is 5.56 Å². The predicted octanol–water partition coefficient (Wildman–Crippen LogP) is 4.45. The van der Waals surface area contributed by atoms with Crippen molar-refractivity contribution in [1.82, 2.24) is 20.2 Å². The number of hydrogen-bond donors (Lipinski definition) is 1. The summed E-state index contributed by atoms with van der Waals surface area (Å²) in [7, 11) is 0. The van der Waals surface area contributed by atoms with Gasteiger partial charge in [-0.25, -0.2) is 9.97 Å². The zero-order valence-corrected chi connectivity index (χ0v) is 14.8. The molecular weight excluding hydrogens is 296 g/mol. The van der Waals surface area contributed by atoms with Gasteiger partial charge in [0.05, 0.1) is 11.1 Å². The van der Waals surface area contributed by atoms with E-state index >= 15 is 0 Å². The second-order valence-corrected chi connectivity index (χ2v) is 6.41. The Bertz CT molecular complexity index is 823. The first-order valence-electron chi connectivity index (χ1n) is 8.53. The van der Waals surface area contributed by atoms with E-state index in [0.717, 1.165) is 41.4 Å². The Kier molecular flexibility index (Phi) is 4.47. The Balaban J connectivity index is 2.16. The molecule has 0 aliphatic carbocycles. The van der Waals surface area contributed by atoms with Crippen LogP contribution in [0.4, 0.5) is 0 Å². The van der Waals surface area contributed by atoms with Crippen molar-refractivity contribution in [3.05, 3.63) is 65.2 Å². The lowest BCUT2D eigenvalue weighted by molar-refractivity contribution is 0.511. The van der Waals surface area contributed by atoms with Gasteiger partial charge in [0, 0.05) is 11.4 Å². The molecular formula is C20H24N4. The molecule has 1 atom stereocenters. The highest BCUT2D eigenvalue weighted by Crippen LogP contribution is 2.34. The van der Waals surface area contributed by atoms with E-state index in [1.54, 1.807) is 0 Å². The van der Waals surface area contributed by atoms with Gasteiger partial charge in [-0.1, -0.05) is 44.2 Å². The normalized spacial score (nSPS) is 13.7. The molecule has 0 bridgehead atoms. The van der Waals surface area contributed by atoms with Crippen molar-refractivity contribution >= 4 is 0 Å². The van der Waals surface area contributed by atoms with Crippen LogP contribution in [0.5, 0.6) is 0 Å². The molecule has 0 fully saturated rings. The summed E-state index contributed by atoms with van der Waals surface area (Å²) < 4.78 is 0. The summed E-state index contributed by atoms with van der Waals surface area (Å²) in [6.45, 7) is 8.53. The Morgan fingerprint density at radius 2 is 1.75 bits per heavy atom. The number of hydrogen-bond acceptors (Lipinski definition) is 3. The maximum absolute atomic E-state index is 4.89. The molecule has 4 heteroatoms. The molecule has 0 saturated heterocycles. The third-order valence-corrected chi connectivity index (χ3v) is 4.72. The summed E-state index contributed by atoms with van der Waals surface area (Å²) >= 11 is 0. The van der Waals surface area contributed by atoms with Gasteiger partial charge in [0.1, 0.15) is 11.5 Å². The van der Waals surface area contributed by atoms with Crippen LogP contribution in [0.2, 0.25) is 0 Å². The highest BCUT2D eigenvalue weighted by Gasteiger charge is 2.31. The molecule has 124 valence electrons. The predicted molar refractivity (Wildman–Crippen MR) is 96.9 cm³/mol. The number of aryl methyl sites for hydroxylation is 2. The van der Waals surface area contributed by atoms with Crippen LogP contribution in [-0.4, -0.2) is 20.2 Å². The van der Waals surface area contributed by atoms with E-state index in [0.29, 0.717) is 0 Å². The number of H-pyrrole nitrogens is 1. The van der Waals surface area contributed by atoms with E-state index in [2.05, 4.69) is 55.2 Å². The summed E-state index contributed by atoms with van der Waals surface area (Å²) in [5.74, 6) is 0.867.